The van der Waals surface area contributed by atoms with Gasteiger partial charge in [-0.1, -0.05) is 142 Å². The summed E-state index contributed by atoms with van der Waals surface area (Å²) in [6.07, 6.45) is 27.9. The highest BCUT2D eigenvalue weighted by Crippen LogP contribution is 2.50. The van der Waals surface area contributed by atoms with E-state index in [1.807, 2.05) is 0 Å². The Hall–Kier alpha value is -1.20. The van der Waals surface area contributed by atoms with Crippen LogP contribution in [0.15, 0.2) is 49.1 Å². The van der Waals surface area contributed by atoms with Gasteiger partial charge < -0.3 is 20.7 Å². The van der Waals surface area contributed by atoms with Gasteiger partial charge in [0.15, 0.2) is 0 Å². The molecule has 0 bridgehead atoms. The zero-order valence-electron chi connectivity index (χ0n) is 37.7. The molecular formula is C50H95NO3. The average Bonchev–Trinajstić information content (AvgIpc) is 4.11. The minimum atomic E-state index is 0.370. The molecule has 4 nitrogen and oxygen atoms in total. The Morgan fingerprint density at radius 3 is 2.02 bits per heavy atom. The molecule has 0 aromatic carbocycles. The smallest absolute Gasteiger partial charge is 0.0584 e. The fourth-order valence-corrected chi connectivity index (χ4v) is 9.14. The second-order valence-electron chi connectivity index (χ2n) is 18.1. The number of hydrogen-bond donors (Lipinski definition) is 3. The van der Waals surface area contributed by atoms with Crippen molar-refractivity contribution >= 4 is 0 Å². The van der Waals surface area contributed by atoms with E-state index in [-0.39, 0.29) is 0 Å². The fraction of sp³-hybridized carbons (Fsp3) is 0.840. The number of rotatable bonds is 21. The highest BCUT2D eigenvalue weighted by Gasteiger charge is 2.45. The molecule has 10 atom stereocenters. The Labute approximate surface area is 338 Å². The summed E-state index contributed by atoms with van der Waals surface area (Å²) in [4.78, 5) is 0. The van der Waals surface area contributed by atoms with Gasteiger partial charge in [0.1, 0.15) is 0 Å². The lowest BCUT2D eigenvalue weighted by molar-refractivity contribution is 0.127. The van der Waals surface area contributed by atoms with E-state index < -0.39 is 0 Å². The molecule has 0 saturated heterocycles. The molecule has 0 amide bonds. The fourth-order valence-electron chi connectivity index (χ4n) is 9.14. The second kappa shape index (κ2) is 31.8. The summed E-state index contributed by atoms with van der Waals surface area (Å²) < 4.78 is 4.57. The van der Waals surface area contributed by atoms with Gasteiger partial charge in [-0.2, -0.15) is 0 Å². The molecule has 0 aromatic rings. The SMILES string of the molecule is C1CC1.C=C1CCC(CCC(CC)CC(C(C)C)C2CCCC(CC(=C)CC3C(CO)[C@H]3C)C2)C1.C=C[C@@H](CC)C[C@@H](C)C(=C)CC.CO.COCCN. The molecule has 0 spiro atoms. The lowest BCUT2D eigenvalue weighted by Gasteiger charge is -2.38. The van der Waals surface area contributed by atoms with Crippen molar-refractivity contribution < 1.29 is 14.9 Å². The molecule has 0 radical (unpaired) electrons. The van der Waals surface area contributed by atoms with Gasteiger partial charge in [-0.25, -0.2) is 0 Å². The Morgan fingerprint density at radius 1 is 0.926 bits per heavy atom. The van der Waals surface area contributed by atoms with Gasteiger partial charge in [0.2, 0.25) is 0 Å². The van der Waals surface area contributed by atoms with Gasteiger partial charge in [0.05, 0.1) is 6.61 Å². The molecule has 4 fully saturated rings. The first-order valence-electron chi connectivity index (χ1n) is 22.8. The standard InChI is InChI=1S/C31H54O.C12H22.C3H9NO.C3H6.CH4O/c1-7-25(13-14-26-12-11-22(4)15-26)19-29(21(2)3)28-10-8-9-27(18-28)16-23(5)17-30-24(6)31(30)20-32;1-6-10(4)11(5)9-12(7-2)8-3;1-5-3-2-4;1-2-3-1;1-2/h21,24-32H,4-5,7-20H2,1-3,6H3;7,11-12H,2,4,6,8-9H2,1,3,5H3;2-4H2,1H3;1-3H2;2H,1H3/t24-,25?,26?,27?,28?,29?,30?,31?;11-,12+;;;/m01.../s1. The first-order chi connectivity index (χ1) is 25.9. The van der Waals surface area contributed by atoms with Crippen LogP contribution in [-0.4, -0.2) is 44.2 Å². The maximum Gasteiger partial charge on any atom is 0.0584 e. The Kier molecular flexibility index (Phi) is 31.1. The van der Waals surface area contributed by atoms with Crippen molar-refractivity contribution in [2.75, 3.05) is 34.0 Å². The molecule has 7 unspecified atom stereocenters. The quantitative estimate of drug-likeness (QED) is 0.102. The van der Waals surface area contributed by atoms with Crippen LogP contribution in [-0.2, 0) is 4.74 Å². The van der Waals surface area contributed by atoms with Crippen LogP contribution in [0.4, 0.5) is 0 Å². The van der Waals surface area contributed by atoms with Crippen molar-refractivity contribution in [1.29, 1.82) is 0 Å². The molecule has 4 rings (SSSR count). The van der Waals surface area contributed by atoms with E-state index in [0.29, 0.717) is 49.3 Å². The molecule has 4 heteroatoms. The monoisotopic (exact) mass is 758 g/mol. The third kappa shape index (κ3) is 23.1. The third-order valence-electron chi connectivity index (χ3n) is 13.3. The molecule has 4 aliphatic carbocycles. The van der Waals surface area contributed by atoms with E-state index >= 15 is 0 Å². The highest BCUT2D eigenvalue weighted by atomic mass is 16.5. The van der Waals surface area contributed by atoms with Crippen molar-refractivity contribution in [2.24, 2.45) is 70.8 Å². The summed E-state index contributed by atoms with van der Waals surface area (Å²) in [5, 5.41) is 16.5. The number of methoxy groups -OCH3 is 1. The Morgan fingerprint density at radius 2 is 1.59 bits per heavy atom. The molecule has 0 heterocycles. The summed E-state index contributed by atoms with van der Waals surface area (Å²) in [5.41, 5.74) is 9.35. The minimum absolute atomic E-state index is 0.370. The summed E-state index contributed by atoms with van der Waals surface area (Å²) in [5.74, 6) is 8.60. The minimum Gasteiger partial charge on any atom is -0.400 e. The van der Waals surface area contributed by atoms with Gasteiger partial charge in [0, 0.05) is 27.4 Å². The van der Waals surface area contributed by atoms with E-state index in [0.717, 1.165) is 55.5 Å². The van der Waals surface area contributed by atoms with Crippen molar-refractivity contribution in [3.63, 3.8) is 0 Å². The molecule has 4 N–H and O–H groups in total. The maximum absolute atomic E-state index is 9.50. The zero-order chi connectivity index (χ0) is 41.1. The van der Waals surface area contributed by atoms with Gasteiger partial charge in [-0.3, -0.25) is 0 Å². The summed E-state index contributed by atoms with van der Waals surface area (Å²) in [7, 11) is 2.63. The van der Waals surface area contributed by atoms with Gasteiger partial charge in [-0.15, -0.1) is 6.58 Å². The predicted octanol–water partition coefficient (Wildman–Crippen LogP) is 13.4. The summed E-state index contributed by atoms with van der Waals surface area (Å²) >= 11 is 0. The maximum atomic E-state index is 9.50. The van der Waals surface area contributed by atoms with E-state index in [2.05, 4.69) is 85.6 Å². The number of aliphatic hydroxyl groups is 2. The lowest BCUT2D eigenvalue weighted by Crippen LogP contribution is -2.28. The van der Waals surface area contributed by atoms with E-state index in [1.165, 1.54) is 126 Å². The second-order valence-corrected chi connectivity index (χ2v) is 18.1. The molecule has 0 aliphatic heterocycles. The van der Waals surface area contributed by atoms with E-state index in [4.69, 9.17) is 10.8 Å². The number of ether oxygens (including phenoxy) is 1. The zero-order valence-corrected chi connectivity index (χ0v) is 37.7. The van der Waals surface area contributed by atoms with Crippen LogP contribution < -0.4 is 5.73 Å². The molecule has 4 saturated carbocycles. The van der Waals surface area contributed by atoms with Gasteiger partial charge in [0.25, 0.3) is 0 Å². The number of nitrogens with two attached hydrogens (primary N) is 1. The topological polar surface area (TPSA) is 75.7 Å². The van der Waals surface area contributed by atoms with Crippen LogP contribution in [0.1, 0.15) is 170 Å². The first kappa shape index (κ1) is 52.8. The normalized spacial score (nSPS) is 26.1. The van der Waals surface area contributed by atoms with Crippen LogP contribution >= 0.6 is 0 Å². The van der Waals surface area contributed by atoms with Crippen LogP contribution in [0, 0.1) is 65.1 Å². The third-order valence-corrected chi connectivity index (χ3v) is 13.3. The first-order valence-corrected chi connectivity index (χ1v) is 22.8. The van der Waals surface area contributed by atoms with Crippen LogP contribution in [0.5, 0.6) is 0 Å². The number of hydrogen-bond acceptors (Lipinski definition) is 4. The number of aliphatic hydroxyl groups excluding tert-OH is 2. The predicted molar refractivity (Wildman–Crippen MR) is 240 cm³/mol. The average molecular weight is 758 g/mol. The van der Waals surface area contributed by atoms with Crippen LogP contribution in [0.3, 0.4) is 0 Å². The van der Waals surface area contributed by atoms with Gasteiger partial charge in [-0.05, 0) is 136 Å². The van der Waals surface area contributed by atoms with Crippen LogP contribution in [0.2, 0.25) is 0 Å². The van der Waals surface area contributed by atoms with E-state index in [1.54, 1.807) is 7.11 Å². The molecule has 0 aromatic heterocycles. The Bertz CT molecular complexity index is 966. The van der Waals surface area contributed by atoms with Crippen molar-refractivity contribution in [2.45, 2.75) is 170 Å². The van der Waals surface area contributed by atoms with Crippen molar-refractivity contribution in [3.8, 4) is 0 Å². The molecular weight excluding hydrogens is 663 g/mol. The van der Waals surface area contributed by atoms with Crippen molar-refractivity contribution in [3.05, 3.63) is 49.1 Å². The largest absolute Gasteiger partial charge is 0.400 e. The molecule has 318 valence electrons. The van der Waals surface area contributed by atoms with E-state index in [9.17, 15) is 5.11 Å². The van der Waals surface area contributed by atoms with Crippen LogP contribution in [0.25, 0.3) is 0 Å². The highest BCUT2D eigenvalue weighted by molar-refractivity contribution is 5.06. The molecule has 54 heavy (non-hydrogen) atoms. The van der Waals surface area contributed by atoms with Crippen molar-refractivity contribution in [1.82, 2.24) is 0 Å². The Balaban J connectivity index is 0.00000104. The summed E-state index contributed by atoms with van der Waals surface area (Å²) in [6, 6.07) is 0. The number of allylic oxidation sites excluding steroid dienone is 4. The molecule has 4 aliphatic rings. The summed E-state index contributed by atoms with van der Waals surface area (Å²) in [6.45, 7) is 34.6. The van der Waals surface area contributed by atoms with Gasteiger partial charge >= 0.3 is 0 Å². The lowest BCUT2D eigenvalue weighted by atomic mass is 9.67.